The molecule has 0 aliphatic carbocycles. The maximum Gasteiger partial charge on any atom is 0.240 e. The zero-order chi connectivity index (χ0) is 18.0. The normalized spacial score (nSPS) is 11.4. The minimum atomic E-state index is -4.03. The SMILES string of the molecule is NS(=O)(=O)c1cc(NC(=O)Cc2ccccc2Cl)cc2ccnnc12. The summed E-state index contributed by atoms with van der Waals surface area (Å²) in [5.74, 6) is -0.338. The van der Waals surface area contributed by atoms with Crippen LogP contribution in [0.1, 0.15) is 5.56 Å². The van der Waals surface area contributed by atoms with Gasteiger partial charge in [-0.25, -0.2) is 13.6 Å². The van der Waals surface area contributed by atoms with Gasteiger partial charge in [0.25, 0.3) is 0 Å². The Morgan fingerprint density at radius 2 is 1.96 bits per heavy atom. The minimum absolute atomic E-state index is 0.0526. The van der Waals surface area contributed by atoms with Gasteiger partial charge in [0.15, 0.2) is 0 Å². The van der Waals surface area contributed by atoms with Crippen molar-refractivity contribution in [2.75, 3.05) is 5.32 Å². The second-order valence-corrected chi connectivity index (χ2v) is 7.24. The molecule has 0 radical (unpaired) electrons. The summed E-state index contributed by atoms with van der Waals surface area (Å²) in [4.78, 5) is 12.1. The number of aromatic nitrogens is 2. The molecule has 0 saturated carbocycles. The van der Waals surface area contributed by atoms with E-state index < -0.39 is 10.0 Å². The quantitative estimate of drug-likeness (QED) is 0.723. The molecule has 0 aliphatic heterocycles. The van der Waals surface area contributed by atoms with Crippen molar-refractivity contribution in [2.45, 2.75) is 11.3 Å². The van der Waals surface area contributed by atoms with Crippen LogP contribution in [0.25, 0.3) is 10.9 Å². The largest absolute Gasteiger partial charge is 0.326 e. The number of anilines is 1. The fourth-order valence-electron chi connectivity index (χ4n) is 2.38. The van der Waals surface area contributed by atoms with Gasteiger partial charge < -0.3 is 5.32 Å². The summed E-state index contributed by atoms with van der Waals surface area (Å²) in [6.45, 7) is 0. The van der Waals surface area contributed by atoms with Gasteiger partial charge in [0.05, 0.1) is 12.6 Å². The summed E-state index contributed by atoms with van der Waals surface area (Å²) in [7, 11) is -4.03. The molecular formula is C16H13ClN4O3S. The van der Waals surface area contributed by atoms with Gasteiger partial charge in [-0.05, 0) is 29.8 Å². The Labute approximate surface area is 148 Å². The van der Waals surface area contributed by atoms with Crippen molar-refractivity contribution >= 4 is 44.1 Å². The number of primary sulfonamides is 1. The molecule has 3 rings (SSSR count). The van der Waals surface area contributed by atoms with Gasteiger partial charge in [-0.1, -0.05) is 29.8 Å². The Bertz CT molecular complexity index is 1070. The molecule has 25 heavy (non-hydrogen) atoms. The standard InChI is InChI=1S/C16H13ClN4O3S/c17-13-4-2-1-3-10(13)8-15(22)20-12-7-11-5-6-19-21-16(11)14(9-12)25(18,23)24/h1-7,9H,8H2,(H,20,22)(H2,18,23,24). The topological polar surface area (TPSA) is 115 Å². The van der Waals surface area contributed by atoms with Gasteiger partial charge in [0.2, 0.25) is 15.9 Å². The van der Waals surface area contributed by atoms with Crippen LogP contribution in [-0.2, 0) is 21.2 Å². The Morgan fingerprint density at radius 3 is 2.68 bits per heavy atom. The van der Waals surface area contributed by atoms with Crippen molar-refractivity contribution in [2.24, 2.45) is 5.14 Å². The molecule has 128 valence electrons. The zero-order valence-electron chi connectivity index (χ0n) is 12.8. The van der Waals surface area contributed by atoms with Crippen LogP contribution in [0.15, 0.2) is 53.6 Å². The number of nitrogens with two attached hydrogens (primary N) is 1. The van der Waals surface area contributed by atoms with Crippen LogP contribution in [0.4, 0.5) is 5.69 Å². The smallest absolute Gasteiger partial charge is 0.240 e. The summed E-state index contributed by atoms with van der Waals surface area (Å²) < 4.78 is 23.6. The average molecular weight is 377 g/mol. The van der Waals surface area contributed by atoms with Crippen LogP contribution in [0, 0.1) is 0 Å². The Balaban J connectivity index is 1.94. The van der Waals surface area contributed by atoms with Gasteiger partial charge in [-0.3, -0.25) is 4.79 Å². The summed E-state index contributed by atoms with van der Waals surface area (Å²) in [5, 5.41) is 16.4. The maximum atomic E-state index is 12.3. The van der Waals surface area contributed by atoms with Gasteiger partial charge in [-0.2, -0.15) is 5.10 Å². The number of halogens is 1. The molecular weight excluding hydrogens is 364 g/mol. The number of sulfonamides is 1. The van der Waals surface area contributed by atoms with E-state index in [1.807, 2.05) is 0 Å². The third-order valence-electron chi connectivity index (χ3n) is 3.48. The fraction of sp³-hybridized carbons (Fsp3) is 0.0625. The summed E-state index contributed by atoms with van der Waals surface area (Å²) in [5.41, 5.74) is 1.11. The first kappa shape index (κ1) is 17.3. The Hall–Kier alpha value is -2.55. The molecule has 0 bridgehead atoms. The molecule has 1 aromatic heterocycles. The van der Waals surface area contributed by atoms with E-state index in [1.54, 1.807) is 36.4 Å². The number of rotatable bonds is 4. The molecule has 1 heterocycles. The second-order valence-electron chi connectivity index (χ2n) is 5.30. The molecule has 7 nitrogen and oxygen atoms in total. The zero-order valence-corrected chi connectivity index (χ0v) is 14.4. The van der Waals surface area contributed by atoms with Gasteiger partial charge >= 0.3 is 0 Å². The Kier molecular flexibility index (Phi) is 4.67. The molecule has 0 aliphatic rings. The number of fused-ring (bicyclic) bond motifs is 1. The molecule has 3 aromatic rings. The number of hydrogen-bond acceptors (Lipinski definition) is 5. The van der Waals surface area contributed by atoms with E-state index in [4.69, 9.17) is 16.7 Å². The number of carbonyl (C=O) groups is 1. The van der Waals surface area contributed by atoms with Crippen LogP contribution in [0.5, 0.6) is 0 Å². The number of nitrogens with one attached hydrogen (secondary N) is 1. The van der Waals surface area contributed by atoms with E-state index in [-0.39, 0.29) is 22.7 Å². The van der Waals surface area contributed by atoms with E-state index in [2.05, 4.69) is 15.5 Å². The lowest BCUT2D eigenvalue weighted by molar-refractivity contribution is -0.115. The summed E-state index contributed by atoms with van der Waals surface area (Å²) >= 11 is 6.04. The maximum absolute atomic E-state index is 12.3. The molecule has 9 heteroatoms. The van der Waals surface area contributed by atoms with E-state index in [9.17, 15) is 13.2 Å². The number of nitrogens with zero attached hydrogens (tertiary/aromatic N) is 2. The van der Waals surface area contributed by atoms with E-state index in [1.165, 1.54) is 12.3 Å². The van der Waals surface area contributed by atoms with E-state index in [0.29, 0.717) is 21.7 Å². The number of amides is 1. The Morgan fingerprint density at radius 1 is 1.20 bits per heavy atom. The van der Waals surface area contributed by atoms with E-state index >= 15 is 0 Å². The highest BCUT2D eigenvalue weighted by Crippen LogP contribution is 2.25. The highest BCUT2D eigenvalue weighted by molar-refractivity contribution is 7.89. The predicted molar refractivity (Wildman–Crippen MR) is 94.7 cm³/mol. The number of carbonyl (C=O) groups excluding carboxylic acids is 1. The fourth-order valence-corrected chi connectivity index (χ4v) is 3.30. The predicted octanol–water partition coefficient (Wildman–Crippen LogP) is 2.11. The van der Waals surface area contributed by atoms with Crippen molar-refractivity contribution in [3.8, 4) is 0 Å². The van der Waals surface area contributed by atoms with Crippen molar-refractivity contribution in [1.82, 2.24) is 10.2 Å². The third kappa shape index (κ3) is 3.93. The molecule has 1 amide bonds. The average Bonchev–Trinajstić information content (AvgIpc) is 2.55. The number of hydrogen-bond donors (Lipinski definition) is 2. The summed E-state index contributed by atoms with van der Waals surface area (Å²) in [6, 6.07) is 11.4. The molecule has 0 atom stereocenters. The highest BCUT2D eigenvalue weighted by atomic mass is 35.5. The molecule has 0 unspecified atom stereocenters. The van der Waals surface area contributed by atoms with Crippen LogP contribution >= 0.6 is 11.6 Å². The lowest BCUT2D eigenvalue weighted by Gasteiger charge is -2.10. The minimum Gasteiger partial charge on any atom is -0.326 e. The molecule has 0 fully saturated rings. The van der Waals surface area contributed by atoms with Crippen LogP contribution in [-0.4, -0.2) is 24.5 Å². The van der Waals surface area contributed by atoms with Gasteiger partial charge in [-0.15, -0.1) is 5.10 Å². The van der Waals surface area contributed by atoms with Crippen LogP contribution < -0.4 is 10.5 Å². The van der Waals surface area contributed by atoms with Gasteiger partial charge in [0.1, 0.15) is 10.4 Å². The molecule has 0 saturated heterocycles. The second kappa shape index (κ2) is 6.75. The van der Waals surface area contributed by atoms with Crippen molar-refractivity contribution in [3.05, 3.63) is 59.2 Å². The number of benzene rings is 2. The van der Waals surface area contributed by atoms with Crippen molar-refractivity contribution in [1.29, 1.82) is 0 Å². The molecule has 0 spiro atoms. The van der Waals surface area contributed by atoms with Crippen molar-refractivity contribution < 1.29 is 13.2 Å². The monoisotopic (exact) mass is 376 g/mol. The summed E-state index contributed by atoms with van der Waals surface area (Å²) in [6.07, 6.45) is 1.47. The first-order valence-corrected chi connectivity index (χ1v) is 9.08. The lowest BCUT2D eigenvalue weighted by atomic mass is 10.1. The first-order valence-electron chi connectivity index (χ1n) is 7.16. The van der Waals surface area contributed by atoms with Gasteiger partial charge in [0, 0.05) is 16.1 Å². The third-order valence-corrected chi connectivity index (χ3v) is 4.78. The highest BCUT2D eigenvalue weighted by Gasteiger charge is 2.17. The molecule has 2 aromatic carbocycles. The van der Waals surface area contributed by atoms with Crippen LogP contribution in [0.3, 0.4) is 0 Å². The van der Waals surface area contributed by atoms with Crippen molar-refractivity contribution in [3.63, 3.8) is 0 Å². The lowest BCUT2D eigenvalue weighted by Crippen LogP contribution is -2.17. The first-order chi connectivity index (χ1) is 11.8. The molecule has 3 N–H and O–H groups in total. The van der Waals surface area contributed by atoms with E-state index in [0.717, 1.165) is 0 Å². The van der Waals surface area contributed by atoms with Crippen LogP contribution in [0.2, 0.25) is 5.02 Å².